The van der Waals surface area contributed by atoms with Gasteiger partial charge in [0, 0.05) is 28.7 Å². The Morgan fingerprint density at radius 2 is 1.90 bits per heavy atom. The van der Waals surface area contributed by atoms with Gasteiger partial charge < -0.3 is 9.88 Å². The molecular formula is C25H31N5. The highest BCUT2D eigenvalue weighted by atomic mass is 15.3. The van der Waals surface area contributed by atoms with E-state index in [0.29, 0.717) is 11.8 Å². The van der Waals surface area contributed by atoms with Gasteiger partial charge in [-0.3, -0.25) is 0 Å². The van der Waals surface area contributed by atoms with Gasteiger partial charge in [-0.2, -0.15) is 5.10 Å². The number of H-pyrrole nitrogens is 1. The molecule has 4 aromatic rings. The van der Waals surface area contributed by atoms with E-state index in [1.54, 1.807) is 6.33 Å². The smallest absolute Gasteiger partial charge is 0.158 e. The van der Waals surface area contributed by atoms with Gasteiger partial charge in [0.15, 0.2) is 5.65 Å². The van der Waals surface area contributed by atoms with Crippen LogP contribution < -0.4 is 0 Å². The highest BCUT2D eigenvalue weighted by Crippen LogP contribution is 2.43. The van der Waals surface area contributed by atoms with E-state index in [4.69, 9.17) is 0 Å². The maximum absolute atomic E-state index is 4.42. The van der Waals surface area contributed by atoms with Crippen LogP contribution in [-0.2, 0) is 0 Å². The molecule has 30 heavy (non-hydrogen) atoms. The first-order chi connectivity index (χ1) is 14.3. The van der Waals surface area contributed by atoms with Gasteiger partial charge in [-0.15, -0.1) is 0 Å². The molecule has 0 unspecified atom stereocenters. The largest absolute Gasteiger partial charge is 0.354 e. The summed E-state index contributed by atoms with van der Waals surface area (Å²) in [4.78, 5) is 10.5. The Morgan fingerprint density at radius 3 is 2.60 bits per heavy atom. The summed E-state index contributed by atoms with van der Waals surface area (Å²) in [5, 5.41) is 5.76. The van der Waals surface area contributed by atoms with Crippen LogP contribution in [0.4, 0.5) is 0 Å². The second-order valence-electron chi connectivity index (χ2n) is 9.48. The second kappa shape index (κ2) is 6.95. The van der Waals surface area contributed by atoms with E-state index in [2.05, 4.69) is 86.2 Å². The Morgan fingerprint density at radius 1 is 1.13 bits per heavy atom. The van der Waals surface area contributed by atoms with E-state index in [-0.39, 0.29) is 0 Å². The molecule has 0 atom stereocenters. The van der Waals surface area contributed by atoms with E-state index in [9.17, 15) is 0 Å². The van der Waals surface area contributed by atoms with Crippen molar-refractivity contribution in [3.05, 3.63) is 53.0 Å². The highest BCUT2D eigenvalue weighted by Gasteiger charge is 2.32. The van der Waals surface area contributed by atoms with Crippen LogP contribution in [0.25, 0.3) is 27.8 Å². The van der Waals surface area contributed by atoms with Crippen molar-refractivity contribution in [3.8, 4) is 11.3 Å². The number of aryl methyl sites for hydroxylation is 1. The molecule has 0 amide bonds. The van der Waals surface area contributed by atoms with Gasteiger partial charge in [-0.1, -0.05) is 19.9 Å². The summed E-state index contributed by atoms with van der Waals surface area (Å²) in [5.41, 5.74) is 9.90. The van der Waals surface area contributed by atoms with Gasteiger partial charge >= 0.3 is 0 Å². The number of hydrogen-bond donors (Lipinski definition) is 1. The monoisotopic (exact) mass is 401 g/mol. The summed E-state index contributed by atoms with van der Waals surface area (Å²) < 4.78 is 1.90. The van der Waals surface area contributed by atoms with E-state index in [1.165, 1.54) is 57.3 Å². The van der Waals surface area contributed by atoms with Crippen molar-refractivity contribution in [1.29, 1.82) is 0 Å². The zero-order valence-corrected chi connectivity index (χ0v) is 18.8. The lowest BCUT2D eigenvalue weighted by Gasteiger charge is -2.40. The van der Waals surface area contributed by atoms with Gasteiger partial charge in [0.2, 0.25) is 0 Å². The minimum absolute atomic E-state index is 0.422. The van der Waals surface area contributed by atoms with Gasteiger partial charge in [-0.25, -0.2) is 9.50 Å². The molecule has 1 aromatic carbocycles. The lowest BCUT2D eigenvalue weighted by atomic mass is 9.75. The predicted octanol–water partition coefficient (Wildman–Crippen LogP) is 5.43. The normalized spacial score (nSPS) is 19.3. The Kier molecular flexibility index (Phi) is 4.47. The number of fused-ring (bicyclic) bond motifs is 2. The summed E-state index contributed by atoms with van der Waals surface area (Å²) in [6, 6.07) is 7.76. The van der Waals surface area contributed by atoms with Gasteiger partial charge in [0.1, 0.15) is 6.33 Å². The molecule has 0 spiro atoms. The number of benzene rings is 1. The molecule has 0 aliphatic heterocycles. The van der Waals surface area contributed by atoms with Gasteiger partial charge in [0.25, 0.3) is 0 Å². The third-order valence-corrected chi connectivity index (χ3v) is 7.15. The first-order valence-corrected chi connectivity index (χ1v) is 11.0. The van der Waals surface area contributed by atoms with E-state index in [0.717, 1.165) is 11.7 Å². The molecule has 1 aliphatic carbocycles. The summed E-state index contributed by atoms with van der Waals surface area (Å²) in [6.07, 6.45) is 6.27. The molecule has 3 heterocycles. The zero-order chi connectivity index (χ0) is 21.2. The minimum Gasteiger partial charge on any atom is -0.354 e. The number of nitrogens with one attached hydrogen (secondary N) is 1. The van der Waals surface area contributed by atoms with Crippen LogP contribution in [0, 0.1) is 13.8 Å². The molecule has 0 saturated heterocycles. The van der Waals surface area contributed by atoms with E-state index >= 15 is 0 Å². The lowest BCUT2D eigenvalue weighted by molar-refractivity contribution is 0.166. The predicted molar refractivity (Wildman–Crippen MR) is 123 cm³/mol. The topological polar surface area (TPSA) is 49.2 Å². The standard InChI is InChI=1S/C25H31N5/c1-14(2)23-20-11-17(18-9-19(10-18)29(5)6)7-8-22(20)28-24(23)21-12-30-25(26-13-27-30)16(4)15(21)3/h7-8,11-14,18-19,28H,9-10H2,1-6H3. The van der Waals surface area contributed by atoms with Crippen LogP contribution in [0.2, 0.25) is 0 Å². The molecular weight excluding hydrogens is 370 g/mol. The fourth-order valence-electron chi connectivity index (χ4n) is 5.03. The molecule has 1 N–H and O–H groups in total. The molecule has 0 radical (unpaired) electrons. The fourth-order valence-corrected chi connectivity index (χ4v) is 5.03. The van der Waals surface area contributed by atoms with Crippen molar-refractivity contribution in [2.45, 2.75) is 58.4 Å². The van der Waals surface area contributed by atoms with E-state index in [1.807, 2.05) is 4.52 Å². The van der Waals surface area contributed by atoms with Crippen LogP contribution >= 0.6 is 0 Å². The number of hydrogen-bond acceptors (Lipinski definition) is 3. The maximum Gasteiger partial charge on any atom is 0.158 e. The van der Waals surface area contributed by atoms with Crippen LogP contribution in [0.1, 0.15) is 60.8 Å². The van der Waals surface area contributed by atoms with Gasteiger partial charge in [0.05, 0.1) is 5.69 Å². The van der Waals surface area contributed by atoms with Crippen molar-refractivity contribution in [3.63, 3.8) is 0 Å². The SMILES string of the molecule is Cc1c(-c2[nH]c3ccc(C4CC(N(C)C)C4)cc3c2C(C)C)cn2ncnc2c1C. The van der Waals surface area contributed by atoms with Crippen molar-refractivity contribution in [1.82, 2.24) is 24.5 Å². The summed E-state index contributed by atoms with van der Waals surface area (Å²) in [7, 11) is 4.38. The molecule has 5 nitrogen and oxygen atoms in total. The first kappa shape index (κ1) is 19.3. The zero-order valence-electron chi connectivity index (χ0n) is 18.8. The number of rotatable bonds is 4. The van der Waals surface area contributed by atoms with Crippen molar-refractivity contribution < 1.29 is 0 Å². The molecule has 156 valence electrons. The quantitative estimate of drug-likeness (QED) is 0.496. The van der Waals surface area contributed by atoms with E-state index < -0.39 is 0 Å². The Balaban J connectivity index is 1.65. The van der Waals surface area contributed by atoms with Crippen molar-refractivity contribution >= 4 is 16.6 Å². The Bertz CT molecular complexity index is 1240. The average molecular weight is 402 g/mol. The van der Waals surface area contributed by atoms with Crippen LogP contribution in [0.15, 0.2) is 30.7 Å². The third kappa shape index (κ3) is 2.87. The van der Waals surface area contributed by atoms with Crippen LogP contribution in [0.5, 0.6) is 0 Å². The molecule has 0 bridgehead atoms. The molecule has 5 rings (SSSR count). The minimum atomic E-state index is 0.422. The van der Waals surface area contributed by atoms with Crippen LogP contribution in [-0.4, -0.2) is 44.6 Å². The Hall–Kier alpha value is -2.66. The van der Waals surface area contributed by atoms with Gasteiger partial charge in [-0.05, 0) is 87.0 Å². The number of aromatic amines is 1. The molecule has 1 aliphatic rings. The fraction of sp³-hybridized carbons (Fsp3) is 0.440. The number of aromatic nitrogens is 4. The highest BCUT2D eigenvalue weighted by molar-refractivity contribution is 5.92. The number of nitrogens with zero attached hydrogens (tertiary/aromatic N) is 4. The summed E-state index contributed by atoms with van der Waals surface area (Å²) >= 11 is 0. The Labute approximate surface area is 178 Å². The van der Waals surface area contributed by atoms with Crippen molar-refractivity contribution in [2.75, 3.05) is 14.1 Å². The summed E-state index contributed by atoms with van der Waals surface area (Å²) in [5.74, 6) is 1.10. The van der Waals surface area contributed by atoms with Crippen molar-refractivity contribution in [2.24, 2.45) is 0 Å². The third-order valence-electron chi connectivity index (χ3n) is 7.15. The van der Waals surface area contributed by atoms with Crippen LogP contribution in [0.3, 0.4) is 0 Å². The first-order valence-electron chi connectivity index (χ1n) is 11.0. The second-order valence-corrected chi connectivity index (χ2v) is 9.48. The molecule has 1 fully saturated rings. The maximum atomic E-state index is 4.42. The lowest BCUT2D eigenvalue weighted by Crippen LogP contribution is -2.39. The molecule has 5 heteroatoms. The summed E-state index contributed by atoms with van der Waals surface area (Å²) in [6.45, 7) is 8.91. The molecule has 3 aromatic heterocycles. The average Bonchev–Trinajstić information content (AvgIpc) is 3.27. The number of pyridine rings is 1. The molecule has 1 saturated carbocycles.